The van der Waals surface area contributed by atoms with Crippen LogP contribution in [0, 0.1) is 0 Å². The Morgan fingerprint density at radius 3 is 2.75 bits per heavy atom. The summed E-state index contributed by atoms with van der Waals surface area (Å²) in [4.78, 5) is 12.3. The van der Waals surface area contributed by atoms with E-state index >= 15 is 0 Å². The van der Waals surface area contributed by atoms with Crippen LogP contribution in [0.4, 0.5) is 17.6 Å². The maximum Gasteiger partial charge on any atom is 0.223 e. The number of nitrogens with one attached hydrogen (secondary N) is 1. The molecule has 0 aliphatic heterocycles. The number of benzene rings is 1. The minimum atomic E-state index is 0.156. The summed E-state index contributed by atoms with van der Waals surface area (Å²) in [6.45, 7) is 0.588. The number of anilines is 3. The van der Waals surface area contributed by atoms with Gasteiger partial charge in [-0.2, -0.15) is 9.97 Å². The summed E-state index contributed by atoms with van der Waals surface area (Å²) in [5, 5.41) is 4.29. The summed E-state index contributed by atoms with van der Waals surface area (Å²) >= 11 is 0. The van der Waals surface area contributed by atoms with E-state index in [0.29, 0.717) is 18.2 Å². The highest BCUT2D eigenvalue weighted by Crippen LogP contribution is 2.17. The Morgan fingerprint density at radius 2 is 1.90 bits per heavy atom. The van der Waals surface area contributed by atoms with Gasteiger partial charge in [0.05, 0.1) is 5.52 Å². The summed E-state index contributed by atoms with van der Waals surface area (Å²) in [5.41, 5.74) is 13.3. The largest absolute Gasteiger partial charge is 0.383 e. The highest BCUT2D eigenvalue weighted by Gasteiger charge is 2.03. The molecule has 20 heavy (non-hydrogen) atoms. The number of fused-ring (bicyclic) bond motifs is 1. The number of nitrogens with zero attached hydrogens (tertiary/aromatic N) is 3. The number of hydrogen-bond donors (Lipinski definition) is 3. The van der Waals surface area contributed by atoms with Crippen LogP contribution in [0.15, 0.2) is 42.6 Å². The average Bonchev–Trinajstić information content (AvgIpc) is 2.44. The van der Waals surface area contributed by atoms with Crippen molar-refractivity contribution >= 4 is 28.5 Å². The lowest BCUT2D eigenvalue weighted by atomic mass is 10.1. The molecule has 1 aromatic carbocycles. The van der Waals surface area contributed by atoms with Crippen LogP contribution in [-0.4, -0.2) is 15.0 Å². The molecule has 0 radical (unpaired) electrons. The van der Waals surface area contributed by atoms with Gasteiger partial charge in [-0.05, 0) is 11.6 Å². The van der Waals surface area contributed by atoms with Crippen LogP contribution in [0.5, 0.6) is 0 Å². The maximum absolute atomic E-state index is 5.64. The van der Waals surface area contributed by atoms with E-state index in [2.05, 4.69) is 20.3 Å². The first-order valence-corrected chi connectivity index (χ1v) is 6.19. The zero-order valence-electron chi connectivity index (χ0n) is 10.7. The van der Waals surface area contributed by atoms with Crippen LogP contribution < -0.4 is 16.8 Å². The van der Waals surface area contributed by atoms with Crippen LogP contribution in [0.2, 0.25) is 0 Å². The second kappa shape index (κ2) is 5.00. The lowest BCUT2D eigenvalue weighted by Crippen LogP contribution is -2.06. The smallest absolute Gasteiger partial charge is 0.223 e. The molecule has 6 nitrogen and oxygen atoms in total. The SMILES string of the molecule is Nc1cc(NCc2cccc3cccnc23)nc(N)n1. The lowest BCUT2D eigenvalue weighted by Gasteiger charge is -2.08. The minimum Gasteiger partial charge on any atom is -0.383 e. The van der Waals surface area contributed by atoms with Crippen molar-refractivity contribution in [3.05, 3.63) is 48.2 Å². The summed E-state index contributed by atoms with van der Waals surface area (Å²) in [7, 11) is 0. The molecule has 5 N–H and O–H groups in total. The molecule has 0 atom stereocenters. The molecule has 0 spiro atoms. The number of para-hydroxylation sites is 1. The average molecular weight is 266 g/mol. The molecular weight excluding hydrogens is 252 g/mol. The van der Waals surface area contributed by atoms with Gasteiger partial charge in [0.2, 0.25) is 5.95 Å². The third kappa shape index (κ3) is 2.44. The Bertz CT molecular complexity index is 730. The molecule has 0 aliphatic rings. The number of hydrogen-bond acceptors (Lipinski definition) is 6. The van der Waals surface area contributed by atoms with Crippen molar-refractivity contribution < 1.29 is 0 Å². The fraction of sp³-hybridized carbons (Fsp3) is 0.0714. The summed E-state index contributed by atoms with van der Waals surface area (Å²) < 4.78 is 0. The topological polar surface area (TPSA) is 103 Å². The molecule has 0 fully saturated rings. The van der Waals surface area contributed by atoms with Crippen molar-refractivity contribution in [3.63, 3.8) is 0 Å². The normalized spacial score (nSPS) is 10.6. The zero-order valence-corrected chi connectivity index (χ0v) is 10.7. The minimum absolute atomic E-state index is 0.156. The number of rotatable bonds is 3. The van der Waals surface area contributed by atoms with Crippen molar-refractivity contribution in [2.75, 3.05) is 16.8 Å². The standard InChI is InChI=1S/C14H14N6/c15-11-7-12(20-14(16)19-11)18-8-10-4-1-3-9-5-2-6-17-13(9)10/h1-7H,8H2,(H5,15,16,18,19,20). The lowest BCUT2D eigenvalue weighted by molar-refractivity contribution is 1.10. The van der Waals surface area contributed by atoms with Crippen molar-refractivity contribution in [2.45, 2.75) is 6.54 Å². The fourth-order valence-electron chi connectivity index (χ4n) is 2.07. The van der Waals surface area contributed by atoms with Gasteiger partial charge in [-0.15, -0.1) is 0 Å². The van der Waals surface area contributed by atoms with Gasteiger partial charge in [-0.1, -0.05) is 24.3 Å². The molecule has 0 aliphatic carbocycles. The zero-order chi connectivity index (χ0) is 13.9. The van der Waals surface area contributed by atoms with Gasteiger partial charge in [0.15, 0.2) is 0 Å². The Hall–Kier alpha value is -2.89. The second-order valence-corrected chi connectivity index (χ2v) is 4.38. The number of nitrogens with two attached hydrogens (primary N) is 2. The van der Waals surface area contributed by atoms with Gasteiger partial charge in [0.25, 0.3) is 0 Å². The predicted octanol–water partition coefficient (Wildman–Crippen LogP) is 1.80. The predicted molar refractivity (Wildman–Crippen MR) is 79.9 cm³/mol. The molecular formula is C14H14N6. The molecule has 0 unspecified atom stereocenters. The van der Waals surface area contributed by atoms with Crippen LogP contribution in [0.25, 0.3) is 10.9 Å². The van der Waals surface area contributed by atoms with Crippen molar-refractivity contribution in [3.8, 4) is 0 Å². The van der Waals surface area contributed by atoms with Crippen LogP contribution >= 0.6 is 0 Å². The first-order valence-electron chi connectivity index (χ1n) is 6.19. The number of pyridine rings is 1. The highest BCUT2D eigenvalue weighted by atomic mass is 15.1. The highest BCUT2D eigenvalue weighted by molar-refractivity contribution is 5.81. The first-order chi connectivity index (χ1) is 9.72. The van der Waals surface area contributed by atoms with Crippen molar-refractivity contribution in [1.29, 1.82) is 0 Å². The van der Waals surface area contributed by atoms with E-state index in [4.69, 9.17) is 11.5 Å². The Balaban J connectivity index is 1.87. The van der Waals surface area contributed by atoms with Crippen molar-refractivity contribution in [2.24, 2.45) is 0 Å². The molecule has 0 bridgehead atoms. The van der Waals surface area contributed by atoms with Gasteiger partial charge >= 0.3 is 0 Å². The Kier molecular flexibility index (Phi) is 3.04. The van der Waals surface area contributed by atoms with Crippen LogP contribution in [0.1, 0.15) is 5.56 Å². The van der Waals surface area contributed by atoms with Crippen LogP contribution in [0.3, 0.4) is 0 Å². The van der Waals surface area contributed by atoms with E-state index in [1.807, 2.05) is 30.3 Å². The van der Waals surface area contributed by atoms with Gasteiger partial charge < -0.3 is 16.8 Å². The van der Waals surface area contributed by atoms with E-state index in [1.165, 1.54) is 0 Å². The summed E-state index contributed by atoms with van der Waals surface area (Å²) in [6, 6.07) is 11.7. The summed E-state index contributed by atoms with van der Waals surface area (Å²) in [5.74, 6) is 1.10. The van der Waals surface area contributed by atoms with Gasteiger partial charge in [0, 0.05) is 24.2 Å². The van der Waals surface area contributed by atoms with Gasteiger partial charge in [-0.25, -0.2) is 0 Å². The molecule has 6 heteroatoms. The van der Waals surface area contributed by atoms with E-state index in [0.717, 1.165) is 16.5 Å². The van der Waals surface area contributed by atoms with E-state index in [1.54, 1.807) is 12.3 Å². The molecule has 2 heterocycles. The van der Waals surface area contributed by atoms with Gasteiger partial charge in [0.1, 0.15) is 11.6 Å². The molecule has 3 aromatic rings. The van der Waals surface area contributed by atoms with E-state index in [9.17, 15) is 0 Å². The first kappa shape index (κ1) is 12.2. The Morgan fingerprint density at radius 1 is 1.05 bits per heavy atom. The Labute approximate surface area is 115 Å². The molecule has 0 saturated heterocycles. The molecule has 0 amide bonds. The van der Waals surface area contributed by atoms with E-state index in [-0.39, 0.29) is 5.95 Å². The molecule has 2 aromatic heterocycles. The van der Waals surface area contributed by atoms with Crippen LogP contribution in [-0.2, 0) is 6.54 Å². The number of nitrogen functional groups attached to an aromatic ring is 2. The quantitative estimate of drug-likeness (QED) is 0.668. The molecule has 3 rings (SSSR count). The number of aromatic nitrogens is 3. The third-order valence-electron chi connectivity index (χ3n) is 2.94. The maximum atomic E-state index is 5.64. The van der Waals surface area contributed by atoms with E-state index < -0.39 is 0 Å². The molecule has 100 valence electrons. The second-order valence-electron chi connectivity index (χ2n) is 4.38. The molecule has 0 saturated carbocycles. The van der Waals surface area contributed by atoms with Gasteiger partial charge in [-0.3, -0.25) is 4.98 Å². The fourth-order valence-corrected chi connectivity index (χ4v) is 2.07. The van der Waals surface area contributed by atoms with Crippen molar-refractivity contribution in [1.82, 2.24) is 15.0 Å². The third-order valence-corrected chi connectivity index (χ3v) is 2.94. The summed E-state index contributed by atoms with van der Waals surface area (Å²) in [6.07, 6.45) is 1.78. The monoisotopic (exact) mass is 266 g/mol.